The van der Waals surface area contributed by atoms with Gasteiger partial charge in [-0.15, -0.1) is 11.3 Å². The molecule has 2 aromatic heterocycles. The third kappa shape index (κ3) is 2.47. The van der Waals surface area contributed by atoms with Crippen molar-refractivity contribution in [2.45, 2.75) is 6.92 Å². The van der Waals surface area contributed by atoms with Crippen LogP contribution in [-0.2, 0) is 0 Å². The third-order valence-corrected chi connectivity index (χ3v) is 4.60. The zero-order chi connectivity index (χ0) is 17.3. The number of nitrogens with zero attached hydrogens (tertiary/aromatic N) is 3. The van der Waals surface area contributed by atoms with Crippen LogP contribution < -0.4 is 16.2 Å². The maximum Gasteiger partial charge on any atom is 0.145 e. The van der Waals surface area contributed by atoms with E-state index in [1.807, 2.05) is 13.0 Å². The Kier molecular flexibility index (Phi) is 3.95. The van der Waals surface area contributed by atoms with Gasteiger partial charge in [-0.1, -0.05) is 0 Å². The number of thiophene rings is 1. The van der Waals surface area contributed by atoms with Gasteiger partial charge in [0.2, 0.25) is 0 Å². The number of nitrogen functional groups attached to an aromatic ring is 2. The fourth-order valence-corrected chi connectivity index (χ4v) is 3.52. The molecular formula is C17H13N5OS. The van der Waals surface area contributed by atoms with Crippen molar-refractivity contribution in [1.29, 1.82) is 10.5 Å². The molecule has 2 heterocycles. The van der Waals surface area contributed by atoms with Crippen LogP contribution in [-0.4, -0.2) is 11.6 Å². The van der Waals surface area contributed by atoms with E-state index in [0.717, 1.165) is 15.1 Å². The van der Waals surface area contributed by atoms with Gasteiger partial charge in [-0.25, -0.2) is 4.98 Å². The number of ether oxygens (including phenoxy) is 1. The number of fused-ring (bicyclic) bond motifs is 1. The van der Waals surface area contributed by atoms with Crippen molar-refractivity contribution in [2.24, 2.45) is 0 Å². The predicted molar refractivity (Wildman–Crippen MR) is 94.5 cm³/mol. The molecule has 0 bridgehead atoms. The summed E-state index contributed by atoms with van der Waals surface area (Å²) in [5.41, 5.74) is 14.2. The maximum absolute atomic E-state index is 9.54. The van der Waals surface area contributed by atoms with Crippen molar-refractivity contribution in [3.8, 4) is 28.3 Å². The highest BCUT2D eigenvalue weighted by atomic mass is 32.1. The molecule has 0 atom stereocenters. The minimum Gasteiger partial charge on any atom is -0.492 e. The first-order chi connectivity index (χ1) is 11.6. The van der Waals surface area contributed by atoms with Crippen LogP contribution in [0.2, 0.25) is 0 Å². The number of hydrogen-bond donors (Lipinski definition) is 2. The summed E-state index contributed by atoms with van der Waals surface area (Å²) in [5, 5.41) is 19.3. The first kappa shape index (κ1) is 15.6. The van der Waals surface area contributed by atoms with E-state index < -0.39 is 0 Å². The summed E-state index contributed by atoms with van der Waals surface area (Å²) in [7, 11) is 0. The summed E-state index contributed by atoms with van der Waals surface area (Å²) in [5.74, 6) is 0.404. The van der Waals surface area contributed by atoms with Gasteiger partial charge in [0.25, 0.3) is 0 Å². The lowest BCUT2D eigenvalue weighted by atomic mass is 10.0. The monoisotopic (exact) mass is 335 g/mol. The van der Waals surface area contributed by atoms with E-state index in [1.165, 1.54) is 17.5 Å². The number of hydrogen-bond acceptors (Lipinski definition) is 7. The van der Waals surface area contributed by atoms with Gasteiger partial charge in [-0.3, -0.25) is 0 Å². The van der Waals surface area contributed by atoms with Crippen molar-refractivity contribution >= 4 is 32.9 Å². The van der Waals surface area contributed by atoms with Crippen molar-refractivity contribution in [3.63, 3.8) is 0 Å². The number of nitrogens with two attached hydrogens (primary N) is 2. The van der Waals surface area contributed by atoms with Gasteiger partial charge < -0.3 is 16.2 Å². The Hall–Kier alpha value is -3.29. The van der Waals surface area contributed by atoms with Gasteiger partial charge in [0.15, 0.2) is 0 Å². The number of rotatable bonds is 3. The standard InChI is InChI=1S/C17H13N5OS/c1-2-23-13-5-12(20)15(11(7-19)16(13)21)14-4-10-3-9(6-18)8-22-17(10)24-14/h3-5,8H,2,20-21H2,1H3. The van der Waals surface area contributed by atoms with Gasteiger partial charge in [0.05, 0.1) is 23.4 Å². The van der Waals surface area contributed by atoms with E-state index in [2.05, 4.69) is 17.1 Å². The molecular weight excluding hydrogens is 322 g/mol. The molecule has 24 heavy (non-hydrogen) atoms. The first-order valence-electron chi connectivity index (χ1n) is 7.14. The normalized spacial score (nSPS) is 10.3. The molecule has 0 saturated carbocycles. The molecule has 0 amide bonds. The second-order valence-corrected chi connectivity index (χ2v) is 6.04. The van der Waals surface area contributed by atoms with Crippen molar-refractivity contribution < 1.29 is 4.74 Å². The molecule has 0 spiro atoms. The van der Waals surface area contributed by atoms with Gasteiger partial charge in [-0.05, 0) is 19.1 Å². The molecule has 3 rings (SSSR count). The molecule has 0 radical (unpaired) electrons. The minimum absolute atomic E-state index is 0.270. The SMILES string of the molecule is CCOc1cc(N)c(-c2cc3cc(C#N)cnc3s2)c(C#N)c1N. The number of anilines is 2. The predicted octanol–water partition coefficient (Wildman–Crippen LogP) is 3.27. The molecule has 1 aromatic carbocycles. The van der Waals surface area contributed by atoms with Gasteiger partial charge in [0.1, 0.15) is 22.7 Å². The number of nitriles is 2. The average molecular weight is 335 g/mol. The van der Waals surface area contributed by atoms with E-state index >= 15 is 0 Å². The largest absolute Gasteiger partial charge is 0.492 e. The molecule has 6 nitrogen and oxygen atoms in total. The molecule has 3 aromatic rings. The zero-order valence-electron chi connectivity index (χ0n) is 12.8. The Morgan fingerprint density at radius 2 is 2.00 bits per heavy atom. The lowest BCUT2D eigenvalue weighted by Gasteiger charge is -2.13. The van der Waals surface area contributed by atoms with Crippen LogP contribution in [0.1, 0.15) is 18.1 Å². The number of aromatic nitrogens is 1. The van der Waals surface area contributed by atoms with Crippen LogP contribution in [0.25, 0.3) is 20.7 Å². The number of benzene rings is 1. The topological polar surface area (TPSA) is 122 Å². The molecule has 0 unspecified atom stereocenters. The summed E-state index contributed by atoms with van der Waals surface area (Å²) in [6.45, 7) is 2.26. The lowest BCUT2D eigenvalue weighted by molar-refractivity contribution is 0.342. The molecule has 118 valence electrons. The highest BCUT2D eigenvalue weighted by Crippen LogP contribution is 2.42. The fraction of sp³-hybridized carbons (Fsp3) is 0.118. The van der Waals surface area contributed by atoms with Crippen LogP contribution >= 0.6 is 11.3 Å². The van der Waals surface area contributed by atoms with Crippen molar-refractivity contribution in [1.82, 2.24) is 4.98 Å². The van der Waals surface area contributed by atoms with Crippen LogP contribution in [0.15, 0.2) is 24.4 Å². The van der Waals surface area contributed by atoms with Gasteiger partial charge in [0, 0.05) is 33.8 Å². The average Bonchev–Trinajstić information content (AvgIpc) is 2.99. The Bertz CT molecular complexity index is 1030. The molecule has 0 saturated heterocycles. The van der Waals surface area contributed by atoms with E-state index in [-0.39, 0.29) is 11.3 Å². The zero-order valence-corrected chi connectivity index (χ0v) is 13.6. The molecule has 4 N–H and O–H groups in total. The van der Waals surface area contributed by atoms with Crippen molar-refractivity contribution in [3.05, 3.63) is 35.5 Å². The van der Waals surface area contributed by atoms with E-state index in [4.69, 9.17) is 21.5 Å². The smallest absolute Gasteiger partial charge is 0.145 e. The minimum atomic E-state index is 0.270. The van der Waals surface area contributed by atoms with Crippen LogP contribution in [0, 0.1) is 22.7 Å². The van der Waals surface area contributed by atoms with Crippen LogP contribution in [0.3, 0.4) is 0 Å². The molecule has 0 aliphatic carbocycles. The Morgan fingerprint density at radius 3 is 2.67 bits per heavy atom. The van der Waals surface area contributed by atoms with Crippen LogP contribution in [0.5, 0.6) is 5.75 Å². The first-order valence-corrected chi connectivity index (χ1v) is 7.95. The fourth-order valence-electron chi connectivity index (χ4n) is 2.47. The van der Waals surface area contributed by atoms with Crippen molar-refractivity contribution in [2.75, 3.05) is 18.1 Å². The second-order valence-electron chi connectivity index (χ2n) is 5.01. The summed E-state index contributed by atoms with van der Waals surface area (Å²) in [4.78, 5) is 5.81. The van der Waals surface area contributed by atoms with Gasteiger partial charge in [-0.2, -0.15) is 10.5 Å². The summed E-state index contributed by atoms with van der Waals surface area (Å²) < 4.78 is 5.44. The van der Waals surface area contributed by atoms with Crippen LogP contribution in [0.4, 0.5) is 11.4 Å². The summed E-state index contributed by atoms with van der Waals surface area (Å²) >= 11 is 1.39. The maximum atomic E-state index is 9.54. The molecule has 7 heteroatoms. The summed E-state index contributed by atoms with van der Waals surface area (Å²) in [6, 6.07) is 9.43. The molecule has 0 aliphatic rings. The van der Waals surface area contributed by atoms with Gasteiger partial charge >= 0.3 is 0 Å². The highest BCUT2D eigenvalue weighted by molar-refractivity contribution is 7.21. The Morgan fingerprint density at radius 1 is 1.21 bits per heavy atom. The lowest BCUT2D eigenvalue weighted by Crippen LogP contribution is -2.03. The van der Waals surface area contributed by atoms with E-state index in [0.29, 0.717) is 29.2 Å². The molecule has 0 fully saturated rings. The second kappa shape index (κ2) is 6.07. The Labute approximate surface area is 142 Å². The molecule has 0 aliphatic heterocycles. The third-order valence-electron chi connectivity index (χ3n) is 3.52. The highest BCUT2D eigenvalue weighted by Gasteiger charge is 2.19. The Balaban J connectivity index is 2.24. The quantitative estimate of drug-likeness (QED) is 0.708. The van der Waals surface area contributed by atoms with E-state index in [9.17, 15) is 5.26 Å². The van der Waals surface area contributed by atoms with E-state index in [1.54, 1.807) is 12.1 Å². The number of pyridine rings is 1. The summed E-state index contributed by atoms with van der Waals surface area (Å²) in [6.07, 6.45) is 1.52.